The average Bonchev–Trinajstić information content (AvgIpc) is 3.17. The van der Waals surface area contributed by atoms with Gasteiger partial charge in [-0.15, -0.1) is 0 Å². The van der Waals surface area contributed by atoms with Crippen molar-refractivity contribution in [1.82, 2.24) is 20.4 Å². The second-order valence-corrected chi connectivity index (χ2v) is 8.32. The Morgan fingerprint density at radius 3 is 2.56 bits per heavy atom. The van der Waals surface area contributed by atoms with Gasteiger partial charge in [0.05, 0.1) is 41.2 Å². The second kappa shape index (κ2) is 9.51. The highest BCUT2D eigenvalue weighted by Crippen LogP contribution is 2.36. The van der Waals surface area contributed by atoms with E-state index in [1.165, 1.54) is 0 Å². The molecule has 176 valence electrons. The van der Waals surface area contributed by atoms with Crippen molar-refractivity contribution >= 4 is 16.8 Å². The zero-order valence-corrected chi connectivity index (χ0v) is 19.9. The van der Waals surface area contributed by atoms with Gasteiger partial charge in [0.1, 0.15) is 17.3 Å². The van der Waals surface area contributed by atoms with Crippen molar-refractivity contribution in [3.05, 3.63) is 75.7 Å². The molecule has 0 aliphatic rings. The lowest BCUT2D eigenvalue weighted by Crippen LogP contribution is -2.33. The lowest BCUT2D eigenvalue weighted by atomic mass is 9.95. The van der Waals surface area contributed by atoms with Crippen LogP contribution in [0, 0.1) is 13.8 Å². The van der Waals surface area contributed by atoms with Gasteiger partial charge in [-0.25, -0.2) is 4.98 Å². The summed E-state index contributed by atoms with van der Waals surface area (Å²) in [6.45, 7) is 7.43. The maximum atomic E-state index is 13.0. The van der Waals surface area contributed by atoms with Crippen LogP contribution in [0.3, 0.4) is 0 Å². The van der Waals surface area contributed by atoms with Gasteiger partial charge in [0.25, 0.3) is 5.56 Å². The molecule has 8 nitrogen and oxygen atoms in total. The minimum absolute atomic E-state index is 0.115. The van der Waals surface area contributed by atoms with Gasteiger partial charge < -0.3 is 19.6 Å². The van der Waals surface area contributed by atoms with E-state index >= 15 is 0 Å². The van der Waals surface area contributed by atoms with Crippen molar-refractivity contribution in [2.75, 3.05) is 7.11 Å². The summed E-state index contributed by atoms with van der Waals surface area (Å²) in [5.41, 5.74) is 3.33. The van der Waals surface area contributed by atoms with Crippen LogP contribution in [0.4, 0.5) is 0 Å². The summed E-state index contributed by atoms with van der Waals surface area (Å²) in [6, 6.07) is 12.6. The van der Waals surface area contributed by atoms with Crippen LogP contribution in [0.1, 0.15) is 55.1 Å². The topological polar surface area (TPSA) is 110 Å². The molecule has 4 aromatic rings. The first-order valence-electron chi connectivity index (χ1n) is 11.2. The highest BCUT2D eigenvalue weighted by atomic mass is 16.5. The first-order valence-corrected chi connectivity index (χ1v) is 11.2. The SMILES string of the molecule is CCC(C(=O)NC(C)c1nc2cc(OC)c(-c3c(C)noc3C)cc2c(=O)[nH]1)c1ccccc1. The lowest BCUT2D eigenvalue weighted by molar-refractivity contribution is -0.123. The summed E-state index contributed by atoms with van der Waals surface area (Å²) >= 11 is 0. The number of methoxy groups -OCH3 is 1. The van der Waals surface area contributed by atoms with E-state index in [1.54, 1.807) is 26.2 Å². The molecule has 2 heterocycles. The van der Waals surface area contributed by atoms with Crippen LogP contribution < -0.4 is 15.6 Å². The van der Waals surface area contributed by atoms with Crippen molar-refractivity contribution in [3.8, 4) is 16.9 Å². The number of fused-ring (bicyclic) bond motifs is 1. The van der Waals surface area contributed by atoms with Crippen molar-refractivity contribution in [3.63, 3.8) is 0 Å². The number of carbonyl (C=O) groups excluding carboxylic acids is 1. The van der Waals surface area contributed by atoms with Gasteiger partial charge in [0.2, 0.25) is 5.91 Å². The van der Waals surface area contributed by atoms with Crippen molar-refractivity contribution in [1.29, 1.82) is 0 Å². The Balaban J connectivity index is 1.68. The fourth-order valence-corrected chi connectivity index (χ4v) is 4.26. The molecule has 0 spiro atoms. The number of nitrogens with zero attached hydrogens (tertiary/aromatic N) is 2. The lowest BCUT2D eigenvalue weighted by Gasteiger charge is -2.19. The summed E-state index contributed by atoms with van der Waals surface area (Å²) in [6.07, 6.45) is 0.659. The summed E-state index contributed by atoms with van der Waals surface area (Å²) in [4.78, 5) is 33.4. The predicted molar refractivity (Wildman–Crippen MR) is 130 cm³/mol. The first-order chi connectivity index (χ1) is 16.3. The van der Waals surface area contributed by atoms with Crippen LogP contribution in [-0.4, -0.2) is 28.1 Å². The molecule has 2 aromatic heterocycles. The van der Waals surface area contributed by atoms with Crippen LogP contribution in [0.25, 0.3) is 22.0 Å². The number of carbonyl (C=O) groups is 1. The molecule has 0 aliphatic carbocycles. The van der Waals surface area contributed by atoms with E-state index in [2.05, 4.69) is 20.4 Å². The highest BCUT2D eigenvalue weighted by Gasteiger charge is 2.23. The minimum Gasteiger partial charge on any atom is -0.496 e. The van der Waals surface area contributed by atoms with E-state index in [4.69, 9.17) is 9.26 Å². The van der Waals surface area contributed by atoms with E-state index in [0.717, 1.165) is 11.1 Å². The molecule has 34 heavy (non-hydrogen) atoms. The molecule has 4 rings (SSSR count). The maximum absolute atomic E-state index is 13.0. The van der Waals surface area contributed by atoms with E-state index in [9.17, 15) is 9.59 Å². The molecular weight excluding hydrogens is 432 g/mol. The molecule has 8 heteroatoms. The molecule has 0 aliphatic heterocycles. The third kappa shape index (κ3) is 4.31. The number of aryl methyl sites for hydroxylation is 2. The zero-order chi connectivity index (χ0) is 24.4. The first kappa shape index (κ1) is 23.2. The molecule has 0 bridgehead atoms. The van der Waals surface area contributed by atoms with Crippen molar-refractivity contribution in [2.45, 2.75) is 46.1 Å². The average molecular weight is 461 g/mol. The molecule has 2 unspecified atom stereocenters. The number of rotatable bonds is 7. The van der Waals surface area contributed by atoms with Gasteiger partial charge in [-0.1, -0.05) is 42.4 Å². The van der Waals surface area contributed by atoms with E-state index in [0.29, 0.717) is 45.9 Å². The van der Waals surface area contributed by atoms with Gasteiger partial charge in [-0.3, -0.25) is 9.59 Å². The standard InChI is InChI=1S/C26H28N4O4/c1-6-18(17-10-8-7-9-11-17)25(31)27-15(3)24-28-21-13-22(33-5)20(12-19(21)26(32)29-24)23-14(2)30-34-16(23)4/h7-13,15,18H,6H2,1-5H3,(H,27,31)(H,28,29,32). The Bertz CT molecular complexity index is 1370. The number of benzene rings is 2. The Labute approximate surface area is 197 Å². The molecule has 2 N–H and O–H groups in total. The second-order valence-electron chi connectivity index (χ2n) is 8.32. The molecule has 0 saturated heterocycles. The number of ether oxygens (including phenoxy) is 1. The van der Waals surface area contributed by atoms with E-state index in [-0.39, 0.29) is 17.4 Å². The van der Waals surface area contributed by atoms with Gasteiger partial charge >= 0.3 is 0 Å². The predicted octanol–water partition coefficient (Wildman–Crippen LogP) is 4.57. The van der Waals surface area contributed by atoms with Gasteiger partial charge in [0, 0.05) is 11.6 Å². The molecule has 0 radical (unpaired) electrons. The summed E-state index contributed by atoms with van der Waals surface area (Å²) in [5, 5.41) is 7.41. The molecule has 2 atom stereocenters. The third-order valence-electron chi connectivity index (χ3n) is 6.04. The fraction of sp³-hybridized carbons (Fsp3) is 0.308. The van der Waals surface area contributed by atoms with E-state index < -0.39 is 6.04 Å². The molecule has 0 fully saturated rings. The Morgan fingerprint density at radius 1 is 1.21 bits per heavy atom. The third-order valence-corrected chi connectivity index (χ3v) is 6.04. The Morgan fingerprint density at radius 2 is 1.94 bits per heavy atom. The van der Waals surface area contributed by atoms with Crippen LogP contribution in [0.15, 0.2) is 51.8 Å². The van der Waals surface area contributed by atoms with Crippen LogP contribution in [0.5, 0.6) is 5.75 Å². The largest absolute Gasteiger partial charge is 0.496 e. The number of aromatic amines is 1. The monoisotopic (exact) mass is 460 g/mol. The van der Waals surface area contributed by atoms with Crippen molar-refractivity contribution in [2.24, 2.45) is 0 Å². The Hall–Kier alpha value is -3.94. The number of aromatic nitrogens is 3. The highest BCUT2D eigenvalue weighted by molar-refractivity contribution is 5.89. The smallest absolute Gasteiger partial charge is 0.258 e. The number of nitrogens with one attached hydrogen (secondary N) is 2. The minimum atomic E-state index is -0.490. The molecule has 0 saturated carbocycles. The number of H-pyrrole nitrogens is 1. The van der Waals surface area contributed by atoms with Crippen LogP contribution >= 0.6 is 0 Å². The van der Waals surface area contributed by atoms with E-state index in [1.807, 2.05) is 51.1 Å². The van der Waals surface area contributed by atoms with Crippen molar-refractivity contribution < 1.29 is 14.1 Å². The van der Waals surface area contributed by atoms with Crippen LogP contribution in [0.2, 0.25) is 0 Å². The maximum Gasteiger partial charge on any atom is 0.258 e. The van der Waals surface area contributed by atoms with Gasteiger partial charge in [-0.2, -0.15) is 0 Å². The fourth-order valence-electron chi connectivity index (χ4n) is 4.26. The number of amides is 1. The molecular formula is C26H28N4O4. The summed E-state index contributed by atoms with van der Waals surface area (Å²) in [5.74, 6) is 1.17. The summed E-state index contributed by atoms with van der Waals surface area (Å²) in [7, 11) is 1.56. The summed E-state index contributed by atoms with van der Waals surface area (Å²) < 4.78 is 10.9. The molecule has 1 amide bonds. The van der Waals surface area contributed by atoms with Crippen LogP contribution in [-0.2, 0) is 4.79 Å². The number of hydrogen-bond donors (Lipinski definition) is 2. The zero-order valence-electron chi connectivity index (χ0n) is 19.9. The van der Waals surface area contributed by atoms with Gasteiger partial charge in [-0.05, 0) is 38.8 Å². The number of hydrogen-bond acceptors (Lipinski definition) is 6. The Kier molecular flexibility index (Phi) is 6.49. The van der Waals surface area contributed by atoms with Gasteiger partial charge in [0.15, 0.2) is 0 Å². The normalized spacial score (nSPS) is 13.0. The quantitative estimate of drug-likeness (QED) is 0.418. The molecule has 2 aromatic carbocycles.